The molecule has 36 heavy (non-hydrogen) atoms. The monoisotopic (exact) mass is 477 g/mol. The highest BCUT2D eigenvalue weighted by Crippen LogP contribution is 2.59. The number of imide groups is 1. The number of anilines is 1. The fourth-order valence-electron chi connectivity index (χ4n) is 6.06. The first-order valence-corrected chi connectivity index (χ1v) is 12.2. The van der Waals surface area contributed by atoms with Crippen LogP contribution in [0.4, 0.5) is 5.69 Å². The number of aryl methyl sites for hydroxylation is 1. The van der Waals surface area contributed by atoms with Crippen molar-refractivity contribution in [2.24, 2.45) is 23.7 Å². The van der Waals surface area contributed by atoms with Crippen molar-refractivity contribution in [1.29, 1.82) is 0 Å². The third-order valence-electron chi connectivity index (χ3n) is 7.75. The Bertz CT molecular complexity index is 1320. The van der Waals surface area contributed by atoms with Crippen LogP contribution in [0.3, 0.4) is 0 Å². The molecule has 180 valence electrons. The maximum atomic E-state index is 13.7. The van der Waals surface area contributed by atoms with Gasteiger partial charge in [-0.25, -0.2) is 4.90 Å². The van der Waals surface area contributed by atoms with E-state index in [1.807, 2.05) is 79.7 Å². The van der Waals surface area contributed by atoms with Crippen LogP contribution < -0.4 is 14.4 Å². The normalized spacial score (nSPS) is 23.9. The zero-order valence-corrected chi connectivity index (χ0v) is 20.5. The van der Waals surface area contributed by atoms with Gasteiger partial charge in [0.1, 0.15) is 11.5 Å². The second kappa shape index (κ2) is 8.52. The lowest BCUT2D eigenvalue weighted by molar-refractivity contribution is -0.122. The minimum atomic E-state index is -0.379. The maximum absolute atomic E-state index is 13.7. The Morgan fingerprint density at radius 3 is 1.53 bits per heavy atom. The third-order valence-corrected chi connectivity index (χ3v) is 7.75. The summed E-state index contributed by atoms with van der Waals surface area (Å²) in [6, 6.07) is 23.5. The number of ether oxygens (including phenoxy) is 2. The van der Waals surface area contributed by atoms with Crippen LogP contribution in [0, 0.1) is 30.6 Å². The molecule has 6 rings (SSSR count). The maximum Gasteiger partial charge on any atom is 0.238 e. The van der Waals surface area contributed by atoms with Crippen LogP contribution in [-0.2, 0) is 9.59 Å². The van der Waals surface area contributed by atoms with E-state index >= 15 is 0 Å². The highest BCUT2D eigenvalue weighted by molar-refractivity contribution is 6.23. The Balaban J connectivity index is 1.47. The summed E-state index contributed by atoms with van der Waals surface area (Å²) in [5.41, 5.74) is 6.02. The number of amides is 2. The second-order valence-electron chi connectivity index (χ2n) is 9.62. The van der Waals surface area contributed by atoms with E-state index in [9.17, 15) is 9.59 Å². The number of fused-ring (bicyclic) bond motifs is 5. The summed E-state index contributed by atoms with van der Waals surface area (Å²) >= 11 is 0. The molecule has 0 spiro atoms. The molecule has 1 saturated heterocycles. The summed E-state index contributed by atoms with van der Waals surface area (Å²) in [6.07, 6.45) is 4.25. The Labute approximate surface area is 210 Å². The minimum Gasteiger partial charge on any atom is -0.497 e. The van der Waals surface area contributed by atoms with Crippen molar-refractivity contribution in [3.05, 3.63) is 107 Å². The van der Waals surface area contributed by atoms with E-state index in [1.165, 1.54) is 4.90 Å². The predicted octanol–water partition coefficient (Wildman–Crippen LogP) is 5.44. The number of methoxy groups -OCH3 is 2. The number of benzene rings is 3. The van der Waals surface area contributed by atoms with Crippen LogP contribution in [0.15, 0.2) is 90.5 Å². The summed E-state index contributed by atoms with van der Waals surface area (Å²) in [6.45, 7) is 1.99. The molecule has 2 fully saturated rings. The van der Waals surface area contributed by atoms with Gasteiger partial charge in [-0.15, -0.1) is 0 Å². The molecule has 3 aliphatic rings. The van der Waals surface area contributed by atoms with Crippen molar-refractivity contribution >= 4 is 23.1 Å². The zero-order chi connectivity index (χ0) is 25.0. The molecule has 3 aromatic carbocycles. The summed E-state index contributed by atoms with van der Waals surface area (Å²) in [5.74, 6) is 0.351. The molecule has 0 radical (unpaired) electrons. The van der Waals surface area contributed by atoms with Crippen LogP contribution >= 0.6 is 0 Å². The highest BCUT2D eigenvalue weighted by Gasteiger charge is 2.62. The van der Waals surface area contributed by atoms with Gasteiger partial charge in [-0.3, -0.25) is 9.59 Å². The average molecular weight is 478 g/mol. The summed E-state index contributed by atoms with van der Waals surface area (Å²) in [4.78, 5) is 28.8. The van der Waals surface area contributed by atoms with E-state index in [4.69, 9.17) is 9.47 Å². The fourth-order valence-corrected chi connectivity index (χ4v) is 6.06. The Morgan fingerprint density at radius 2 is 1.11 bits per heavy atom. The van der Waals surface area contributed by atoms with Gasteiger partial charge in [-0.2, -0.15) is 0 Å². The topological polar surface area (TPSA) is 55.8 Å². The first-order chi connectivity index (χ1) is 17.5. The number of allylic oxidation sites excluding steroid dienone is 3. The van der Waals surface area contributed by atoms with Crippen LogP contribution in [0.25, 0.3) is 5.57 Å². The van der Waals surface area contributed by atoms with Crippen molar-refractivity contribution in [2.45, 2.75) is 6.92 Å². The molecule has 0 aromatic heterocycles. The van der Waals surface area contributed by atoms with Gasteiger partial charge >= 0.3 is 0 Å². The number of hydrogen-bond donors (Lipinski definition) is 0. The quantitative estimate of drug-likeness (QED) is 0.363. The van der Waals surface area contributed by atoms with E-state index in [-0.39, 0.29) is 35.5 Å². The second-order valence-corrected chi connectivity index (χ2v) is 9.62. The van der Waals surface area contributed by atoms with Gasteiger partial charge in [-0.1, -0.05) is 54.1 Å². The van der Waals surface area contributed by atoms with Crippen LogP contribution in [0.2, 0.25) is 0 Å². The molecular formula is C31H27NO4. The van der Waals surface area contributed by atoms with Gasteiger partial charge in [0.15, 0.2) is 0 Å². The van der Waals surface area contributed by atoms with Crippen LogP contribution in [0.1, 0.15) is 16.7 Å². The van der Waals surface area contributed by atoms with Gasteiger partial charge < -0.3 is 9.47 Å². The van der Waals surface area contributed by atoms with Gasteiger partial charge in [0, 0.05) is 11.8 Å². The van der Waals surface area contributed by atoms with Gasteiger partial charge in [0.2, 0.25) is 11.8 Å². The Kier molecular flexibility index (Phi) is 5.29. The van der Waals surface area contributed by atoms with Crippen molar-refractivity contribution in [2.75, 3.05) is 19.1 Å². The molecule has 1 heterocycles. The first-order valence-electron chi connectivity index (χ1n) is 12.2. The molecule has 2 amide bonds. The van der Waals surface area contributed by atoms with E-state index in [0.717, 1.165) is 39.3 Å². The Hall–Kier alpha value is -4.12. The Morgan fingerprint density at radius 1 is 0.667 bits per heavy atom. The SMILES string of the molecule is COc1ccc(C(=C2[C@H]3C=C[C@H]2[C@@H]2C(=O)N(c4ccc(C)cc4)C(=O)[C@H]23)c2ccc(OC)cc2)cc1. The van der Waals surface area contributed by atoms with Crippen LogP contribution in [0.5, 0.6) is 11.5 Å². The van der Waals surface area contributed by atoms with Gasteiger partial charge in [-0.05, 0) is 65.6 Å². The molecular weight excluding hydrogens is 450 g/mol. The molecule has 5 heteroatoms. The van der Waals surface area contributed by atoms with Crippen molar-refractivity contribution in [3.63, 3.8) is 0 Å². The number of carbonyl (C=O) groups is 2. The van der Waals surface area contributed by atoms with E-state index in [0.29, 0.717) is 5.69 Å². The largest absolute Gasteiger partial charge is 0.497 e. The molecule has 2 aliphatic carbocycles. The zero-order valence-electron chi connectivity index (χ0n) is 20.5. The number of hydrogen-bond acceptors (Lipinski definition) is 4. The standard InChI is InChI=1S/C31H27NO4/c1-18-4-10-21(11-5-18)32-30(33)28-24-16-17-25(29(28)31(32)34)27(24)26(19-6-12-22(35-2)13-7-19)20-8-14-23(36-3)15-9-20/h4-17,24-25,28-29H,1-3H3/t24-,25-,28+,29+/m1/s1. The predicted molar refractivity (Wildman–Crippen MR) is 139 cm³/mol. The summed E-state index contributed by atoms with van der Waals surface area (Å²) in [5, 5.41) is 0. The van der Waals surface area contributed by atoms with Crippen molar-refractivity contribution < 1.29 is 19.1 Å². The van der Waals surface area contributed by atoms with E-state index in [1.54, 1.807) is 14.2 Å². The lowest BCUT2D eigenvalue weighted by Crippen LogP contribution is -2.33. The molecule has 1 saturated carbocycles. The van der Waals surface area contributed by atoms with Gasteiger partial charge in [0.25, 0.3) is 0 Å². The minimum absolute atomic E-state index is 0.105. The number of nitrogens with zero attached hydrogens (tertiary/aromatic N) is 1. The third kappa shape index (κ3) is 3.30. The molecule has 0 unspecified atom stereocenters. The summed E-state index contributed by atoms with van der Waals surface area (Å²) in [7, 11) is 3.30. The van der Waals surface area contributed by atoms with E-state index < -0.39 is 0 Å². The van der Waals surface area contributed by atoms with E-state index in [2.05, 4.69) is 12.2 Å². The van der Waals surface area contributed by atoms with Crippen LogP contribution in [-0.4, -0.2) is 26.0 Å². The average Bonchev–Trinajstić information content (AvgIpc) is 3.55. The highest BCUT2D eigenvalue weighted by atomic mass is 16.5. The molecule has 0 N–H and O–H groups in total. The first kappa shape index (κ1) is 22.4. The number of rotatable bonds is 5. The van der Waals surface area contributed by atoms with Crippen molar-refractivity contribution in [1.82, 2.24) is 0 Å². The fraction of sp³-hybridized carbons (Fsp3) is 0.226. The van der Waals surface area contributed by atoms with Gasteiger partial charge in [0.05, 0.1) is 31.7 Å². The van der Waals surface area contributed by atoms with Crippen molar-refractivity contribution in [3.8, 4) is 11.5 Å². The lowest BCUT2D eigenvalue weighted by Gasteiger charge is -2.22. The number of carbonyl (C=O) groups excluding carboxylic acids is 2. The molecule has 2 bridgehead atoms. The smallest absolute Gasteiger partial charge is 0.238 e. The molecule has 3 aromatic rings. The lowest BCUT2D eigenvalue weighted by atomic mass is 9.85. The summed E-state index contributed by atoms with van der Waals surface area (Å²) < 4.78 is 10.8. The molecule has 1 aliphatic heterocycles. The molecule has 5 nitrogen and oxygen atoms in total. The molecule has 4 atom stereocenters.